The number of nitrogens with zero attached hydrogens (tertiary/aromatic N) is 1. The maximum absolute atomic E-state index is 13.7. The summed E-state index contributed by atoms with van der Waals surface area (Å²) in [7, 11) is 0. The van der Waals surface area contributed by atoms with Crippen LogP contribution in [0.2, 0.25) is 0 Å². The summed E-state index contributed by atoms with van der Waals surface area (Å²) in [4.78, 5) is 2.03. The van der Waals surface area contributed by atoms with Gasteiger partial charge in [-0.15, -0.1) is 0 Å². The fraction of sp³-hybridized carbons (Fsp3) is 0.455. The molecule has 1 aliphatic heterocycles. The lowest BCUT2D eigenvalue weighted by Crippen LogP contribution is -2.30. The van der Waals surface area contributed by atoms with Gasteiger partial charge in [-0.05, 0) is 41.3 Å². The van der Waals surface area contributed by atoms with Gasteiger partial charge in [0.15, 0.2) is 5.82 Å². The molecule has 2 rings (SSSR count). The van der Waals surface area contributed by atoms with Gasteiger partial charge < -0.3 is 10.0 Å². The number of aromatic hydroxyl groups is 1. The van der Waals surface area contributed by atoms with Crippen LogP contribution in [-0.4, -0.2) is 18.2 Å². The van der Waals surface area contributed by atoms with Crippen LogP contribution in [0.25, 0.3) is 0 Å². The average Bonchev–Trinajstić information content (AvgIpc) is 2.17. The molecule has 0 radical (unpaired) electrons. The van der Waals surface area contributed by atoms with Crippen molar-refractivity contribution in [3.63, 3.8) is 0 Å². The minimum atomic E-state index is -0.358. The van der Waals surface area contributed by atoms with Gasteiger partial charge >= 0.3 is 0 Å². The second kappa shape index (κ2) is 4.39. The van der Waals surface area contributed by atoms with E-state index < -0.39 is 0 Å². The van der Waals surface area contributed by atoms with Gasteiger partial charge in [0.05, 0.1) is 5.69 Å². The standard InChI is InChI=1S/C11H13BrFNO/c12-9-6-8(15)7-10(13)11(9)14-4-2-1-3-5-14/h6-7,15H,1-5H2. The highest BCUT2D eigenvalue weighted by molar-refractivity contribution is 9.10. The van der Waals surface area contributed by atoms with Gasteiger partial charge in [-0.25, -0.2) is 4.39 Å². The van der Waals surface area contributed by atoms with Crippen molar-refractivity contribution < 1.29 is 9.50 Å². The Morgan fingerprint density at radius 1 is 1.20 bits per heavy atom. The summed E-state index contributed by atoms with van der Waals surface area (Å²) >= 11 is 3.29. The lowest BCUT2D eigenvalue weighted by atomic mass is 10.1. The van der Waals surface area contributed by atoms with E-state index in [-0.39, 0.29) is 11.6 Å². The van der Waals surface area contributed by atoms with E-state index in [0.717, 1.165) is 32.0 Å². The maximum Gasteiger partial charge on any atom is 0.151 e. The zero-order chi connectivity index (χ0) is 10.8. The van der Waals surface area contributed by atoms with Gasteiger partial charge in [0.2, 0.25) is 0 Å². The summed E-state index contributed by atoms with van der Waals surface area (Å²) in [6.07, 6.45) is 3.42. The molecule has 1 N–H and O–H groups in total. The highest BCUT2D eigenvalue weighted by Crippen LogP contribution is 2.34. The number of piperidine rings is 1. The molecule has 0 atom stereocenters. The van der Waals surface area contributed by atoms with E-state index in [9.17, 15) is 9.50 Å². The number of hydrogen-bond donors (Lipinski definition) is 1. The molecular weight excluding hydrogens is 261 g/mol. The molecule has 1 fully saturated rings. The summed E-state index contributed by atoms with van der Waals surface area (Å²) in [5.41, 5.74) is 0.576. The van der Waals surface area contributed by atoms with Crippen molar-refractivity contribution in [2.75, 3.05) is 18.0 Å². The molecule has 0 saturated carbocycles. The predicted octanol–water partition coefficient (Wildman–Crippen LogP) is 3.28. The highest BCUT2D eigenvalue weighted by Gasteiger charge is 2.18. The third-order valence-corrected chi connectivity index (χ3v) is 3.28. The summed E-state index contributed by atoms with van der Waals surface area (Å²) in [5, 5.41) is 9.23. The molecule has 2 nitrogen and oxygen atoms in total. The second-order valence-corrected chi connectivity index (χ2v) is 4.66. The molecule has 15 heavy (non-hydrogen) atoms. The Labute approximate surface area is 96.8 Å². The normalized spacial score (nSPS) is 16.8. The Morgan fingerprint density at radius 3 is 2.47 bits per heavy atom. The molecule has 1 aromatic carbocycles. The van der Waals surface area contributed by atoms with Gasteiger partial charge in [0.25, 0.3) is 0 Å². The molecule has 1 heterocycles. The Morgan fingerprint density at radius 2 is 1.87 bits per heavy atom. The summed E-state index contributed by atoms with van der Waals surface area (Å²) in [6, 6.07) is 2.70. The van der Waals surface area contributed by atoms with Crippen molar-refractivity contribution in [3.8, 4) is 5.75 Å². The van der Waals surface area contributed by atoms with E-state index in [0.29, 0.717) is 10.2 Å². The molecular formula is C11H13BrFNO. The zero-order valence-electron chi connectivity index (χ0n) is 8.34. The molecule has 1 saturated heterocycles. The number of halogens is 2. The van der Waals surface area contributed by atoms with Gasteiger partial charge in [-0.1, -0.05) is 0 Å². The first-order valence-electron chi connectivity index (χ1n) is 5.11. The summed E-state index contributed by atoms with van der Waals surface area (Å²) < 4.78 is 14.3. The molecule has 0 amide bonds. The fourth-order valence-corrected chi connectivity index (χ4v) is 2.65. The number of benzene rings is 1. The number of phenols is 1. The molecule has 0 aliphatic carbocycles. The van der Waals surface area contributed by atoms with Crippen LogP contribution in [0.3, 0.4) is 0 Å². The van der Waals surface area contributed by atoms with Gasteiger partial charge in [0, 0.05) is 23.6 Å². The van der Waals surface area contributed by atoms with E-state index in [1.54, 1.807) is 0 Å². The molecule has 4 heteroatoms. The summed E-state index contributed by atoms with van der Waals surface area (Å²) in [6.45, 7) is 1.78. The molecule has 0 spiro atoms. The number of hydrogen-bond acceptors (Lipinski definition) is 2. The van der Waals surface area contributed by atoms with Crippen molar-refractivity contribution >= 4 is 21.6 Å². The minimum absolute atomic E-state index is 0.0415. The number of anilines is 1. The molecule has 1 aliphatic rings. The maximum atomic E-state index is 13.7. The van der Waals surface area contributed by atoms with E-state index in [1.807, 2.05) is 4.90 Å². The van der Waals surface area contributed by atoms with Crippen LogP contribution in [0.5, 0.6) is 5.75 Å². The molecule has 0 unspecified atom stereocenters. The van der Waals surface area contributed by atoms with Crippen LogP contribution >= 0.6 is 15.9 Å². The van der Waals surface area contributed by atoms with Crippen LogP contribution in [0, 0.1) is 5.82 Å². The third kappa shape index (κ3) is 2.25. The molecule has 82 valence electrons. The third-order valence-electron chi connectivity index (χ3n) is 2.67. The Kier molecular flexibility index (Phi) is 3.14. The lowest BCUT2D eigenvalue weighted by Gasteiger charge is -2.29. The SMILES string of the molecule is Oc1cc(F)c(N2CCCCC2)c(Br)c1. The number of rotatable bonds is 1. The van der Waals surface area contributed by atoms with E-state index in [4.69, 9.17) is 0 Å². The van der Waals surface area contributed by atoms with Crippen LogP contribution in [0.15, 0.2) is 16.6 Å². The largest absolute Gasteiger partial charge is 0.508 e. The minimum Gasteiger partial charge on any atom is -0.508 e. The lowest BCUT2D eigenvalue weighted by molar-refractivity contribution is 0.467. The van der Waals surface area contributed by atoms with Gasteiger partial charge in [-0.2, -0.15) is 0 Å². The highest BCUT2D eigenvalue weighted by atomic mass is 79.9. The van der Waals surface area contributed by atoms with Crippen LogP contribution in [0.4, 0.5) is 10.1 Å². The zero-order valence-corrected chi connectivity index (χ0v) is 9.93. The van der Waals surface area contributed by atoms with Crippen LogP contribution < -0.4 is 4.90 Å². The van der Waals surface area contributed by atoms with Crippen LogP contribution in [0.1, 0.15) is 19.3 Å². The first kappa shape index (κ1) is 10.7. The number of phenolic OH excluding ortho intramolecular Hbond substituents is 1. The Balaban J connectivity index is 2.33. The Bertz CT molecular complexity index is 341. The smallest absolute Gasteiger partial charge is 0.151 e. The topological polar surface area (TPSA) is 23.5 Å². The monoisotopic (exact) mass is 273 g/mol. The molecule has 1 aromatic rings. The average molecular weight is 274 g/mol. The fourth-order valence-electron chi connectivity index (χ4n) is 1.97. The molecule has 0 aromatic heterocycles. The molecule has 0 bridgehead atoms. The first-order chi connectivity index (χ1) is 7.18. The quantitative estimate of drug-likeness (QED) is 0.849. The van der Waals surface area contributed by atoms with Gasteiger partial charge in [0.1, 0.15) is 5.75 Å². The predicted molar refractivity (Wildman–Crippen MR) is 61.8 cm³/mol. The van der Waals surface area contributed by atoms with Gasteiger partial charge in [-0.3, -0.25) is 0 Å². The van der Waals surface area contributed by atoms with E-state index in [1.165, 1.54) is 12.5 Å². The second-order valence-electron chi connectivity index (χ2n) is 3.81. The van der Waals surface area contributed by atoms with Crippen molar-refractivity contribution in [2.24, 2.45) is 0 Å². The van der Waals surface area contributed by atoms with Crippen molar-refractivity contribution in [1.82, 2.24) is 0 Å². The van der Waals surface area contributed by atoms with E-state index in [2.05, 4.69) is 15.9 Å². The van der Waals surface area contributed by atoms with Crippen LogP contribution in [-0.2, 0) is 0 Å². The Hall–Kier alpha value is -0.770. The van der Waals surface area contributed by atoms with Crippen molar-refractivity contribution in [1.29, 1.82) is 0 Å². The van der Waals surface area contributed by atoms with Crippen molar-refractivity contribution in [3.05, 3.63) is 22.4 Å². The van der Waals surface area contributed by atoms with E-state index >= 15 is 0 Å². The summed E-state index contributed by atoms with van der Waals surface area (Å²) in [5.74, 6) is -0.399. The first-order valence-corrected chi connectivity index (χ1v) is 5.91. The van der Waals surface area contributed by atoms with Crippen molar-refractivity contribution in [2.45, 2.75) is 19.3 Å².